The molecule has 2 aliphatic heterocycles. The van der Waals surface area contributed by atoms with Crippen molar-refractivity contribution in [3.8, 4) is 0 Å². The van der Waals surface area contributed by atoms with Gasteiger partial charge < -0.3 is 5.32 Å². The fourth-order valence-corrected chi connectivity index (χ4v) is 3.29. The standard InChI is InChI=1S/C17H21N3O2/c1-13(10-14-6-4-3-5-7-14)11-20-9-8-17(12-20)15(21)19(2)16(22)18-17/h3-7,10H,8-9,11-12H2,1-2H3,(H,18,22)/b13-10+. The lowest BCUT2D eigenvalue weighted by Gasteiger charge is -2.21. The molecule has 5 heteroatoms. The average Bonchev–Trinajstić information content (AvgIpc) is 2.98. The first kappa shape index (κ1) is 14.8. The maximum atomic E-state index is 12.3. The molecule has 2 fully saturated rings. The van der Waals surface area contributed by atoms with Crippen LogP contribution in [-0.2, 0) is 4.79 Å². The lowest BCUT2D eigenvalue weighted by molar-refractivity contribution is -0.129. The van der Waals surface area contributed by atoms with Crippen LogP contribution in [0.3, 0.4) is 0 Å². The van der Waals surface area contributed by atoms with E-state index >= 15 is 0 Å². The summed E-state index contributed by atoms with van der Waals surface area (Å²) in [5, 5.41) is 2.86. The molecule has 1 spiro atoms. The Bertz CT molecular complexity index is 626. The van der Waals surface area contributed by atoms with Crippen LogP contribution >= 0.6 is 0 Å². The molecule has 0 radical (unpaired) electrons. The molecule has 0 aliphatic carbocycles. The zero-order valence-corrected chi connectivity index (χ0v) is 13.0. The van der Waals surface area contributed by atoms with E-state index in [4.69, 9.17) is 0 Å². The monoisotopic (exact) mass is 299 g/mol. The van der Waals surface area contributed by atoms with Crippen molar-refractivity contribution in [1.82, 2.24) is 15.1 Å². The molecule has 3 rings (SSSR count). The fourth-order valence-electron chi connectivity index (χ4n) is 3.29. The third-order valence-corrected chi connectivity index (χ3v) is 4.40. The van der Waals surface area contributed by atoms with E-state index in [1.165, 1.54) is 23.1 Å². The average molecular weight is 299 g/mol. The van der Waals surface area contributed by atoms with E-state index in [2.05, 4.69) is 35.3 Å². The van der Waals surface area contributed by atoms with Gasteiger partial charge in [0.2, 0.25) is 0 Å². The van der Waals surface area contributed by atoms with Crippen molar-refractivity contribution < 1.29 is 9.59 Å². The zero-order valence-electron chi connectivity index (χ0n) is 13.0. The van der Waals surface area contributed by atoms with Crippen LogP contribution in [0.4, 0.5) is 4.79 Å². The fraction of sp³-hybridized carbons (Fsp3) is 0.412. The summed E-state index contributed by atoms with van der Waals surface area (Å²) in [7, 11) is 1.54. The highest BCUT2D eigenvalue weighted by Crippen LogP contribution is 2.28. The molecule has 1 atom stereocenters. The highest BCUT2D eigenvalue weighted by atomic mass is 16.2. The van der Waals surface area contributed by atoms with E-state index in [0.29, 0.717) is 13.0 Å². The van der Waals surface area contributed by atoms with Gasteiger partial charge in [-0.3, -0.25) is 14.6 Å². The van der Waals surface area contributed by atoms with Crippen LogP contribution in [0.1, 0.15) is 18.9 Å². The summed E-state index contributed by atoms with van der Waals surface area (Å²) in [6.45, 7) is 4.31. The van der Waals surface area contributed by atoms with E-state index in [1.54, 1.807) is 0 Å². The molecule has 1 aromatic carbocycles. The van der Waals surface area contributed by atoms with Gasteiger partial charge in [0.1, 0.15) is 5.54 Å². The molecule has 2 aliphatic rings. The van der Waals surface area contributed by atoms with E-state index in [0.717, 1.165) is 13.1 Å². The van der Waals surface area contributed by atoms with Gasteiger partial charge in [-0.25, -0.2) is 4.79 Å². The molecule has 0 saturated carbocycles. The van der Waals surface area contributed by atoms with E-state index in [-0.39, 0.29) is 11.9 Å². The number of amides is 3. The molecule has 1 aromatic rings. The summed E-state index contributed by atoms with van der Waals surface area (Å²) in [5.74, 6) is -0.107. The Labute approximate surface area is 130 Å². The number of benzene rings is 1. The lowest BCUT2D eigenvalue weighted by Crippen LogP contribution is -2.49. The van der Waals surface area contributed by atoms with E-state index in [1.807, 2.05) is 18.2 Å². The van der Waals surface area contributed by atoms with E-state index in [9.17, 15) is 9.59 Å². The third kappa shape index (κ3) is 2.64. The number of hydrogen-bond donors (Lipinski definition) is 1. The first-order valence-corrected chi connectivity index (χ1v) is 7.55. The summed E-state index contributed by atoms with van der Waals surface area (Å²) in [4.78, 5) is 27.4. The predicted molar refractivity (Wildman–Crippen MR) is 85.2 cm³/mol. The molecule has 116 valence electrons. The number of imide groups is 1. The minimum atomic E-state index is -0.709. The number of hydrogen-bond acceptors (Lipinski definition) is 3. The molecule has 2 saturated heterocycles. The Balaban J connectivity index is 1.65. The maximum absolute atomic E-state index is 12.3. The summed E-state index contributed by atoms with van der Waals surface area (Å²) in [6.07, 6.45) is 2.84. The number of carbonyl (C=O) groups excluding carboxylic acids is 2. The number of likely N-dealkylation sites (tertiary alicyclic amines) is 1. The minimum Gasteiger partial charge on any atom is -0.322 e. The van der Waals surface area contributed by atoms with Gasteiger partial charge in [-0.05, 0) is 18.9 Å². The summed E-state index contributed by atoms with van der Waals surface area (Å²) >= 11 is 0. The Kier molecular flexibility index (Phi) is 3.74. The first-order chi connectivity index (χ1) is 10.5. The van der Waals surface area contributed by atoms with Crippen LogP contribution in [-0.4, -0.2) is 54.0 Å². The second kappa shape index (κ2) is 5.57. The molecule has 1 unspecified atom stereocenters. The Morgan fingerprint density at radius 1 is 1.32 bits per heavy atom. The van der Waals surface area contributed by atoms with Crippen molar-refractivity contribution in [2.24, 2.45) is 0 Å². The number of likely N-dealkylation sites (N-methyl/N-ethyl adjacent to an activating group) is 1. The minimum absolute atomic E-state index is 0.107. The number of carbonyl (C=O) groups is 2. The van der Waals surface area contributed by atoms with Gasteiger partial charge in [0.05, 0.1) is 0 Å². The third-order valence-electron chi connectivity index (χ3n) is 4.40. The summed E-state index contributed by atoms with van der Waals surface area (Å²) < 4.78 is 0. The highest BCUT2D eigenvalue weighted by molar-refractivity contribution is 6.07. The highest BCUT2D eigenvalue weighted by Gasteiger charge is 2.53. The van der Waals surface area contributed by atoms with Gasteiger partial charge in [-0.2, -0.15) is 0 Å². The van der Waals surface area contributed by atoms with Crippen molar-refractivity contribution in [2.45, 2.75) is 18.9 Å². The molecular formula is C17H21N3O2. The van der Waals surface area contributed by atoms with Gasteiger partial charge in [0, 0.05) is 26.7 Å². The van der Waals surface area contributed by atoms with Crippen molar-refractivity contribution >= 4 is 18.0 Å². The number of rotatable bonds is 3. The van der Waals surface area contributed by atoms with Crippen LogP contribution in [0.5, 0.6) is 0 Å². The molecule has 5 nitrogen and oxygen atoms in total. The smallest absolute Gasteiger partial charge is 0.322 e. The molecule has 0 bridgehead atoms. The van der Waals surface area contributed by atoms with Crippen LogP contribution in [0, 0.1) is 0 Å². The van der Waals surface area contributed by atoms with Crippen molar-refractivity contribution in [3.05, 3.63) is 41.5 Å². The van der Waals surface area contributed by atoms with Crippen LogP contribution in [0.15, 0.2) is 35.9 Å². The van der Waals surface area contributed by atoms with Gasteiger partial charge in [0.15, 0.2) is 0 Å². The predicted octanol–water partition coefficient (Wildman–Crippen LogP) is 1.72. The van der Waals surface area contributed by atoms with E-state index < -0.39 is 5.54 Å². The Morgan fingerprint density at radius 2 is 2.05 bits per heavy atom. The molecule has 0 aromatic heterocycles. The van der Waals surface area contributed by atoms with Gasteiger partial charge in [-0.15, -0.1) is 0 Å². The van der Waals surface area contributed by atoms with Crippen molar-refractivity contribution in [2.75, 3.05) is 26.7 Å². The van der Waals surface area contributed by atoms with Crippen LogP contribution < -0.4 is 5.32 Å². The molecule has 22 heavy (non-hydrogen) atoms. The number of nitrogens with one attached hydrogen (secondary N) is 1. The normalized spacial score (nSPS) is 26.1. The van der Waals surface area contributed by atoms with Gasteiger partial charge in [0.25, 0.3) is 5.91 Å². The van der Waals surface area contributed by atoms with Crippen LogP contribution in [0.2, 0.25) is 0 Å². The topological polar surface area (TPSA) is 52.7 Å². The Hall–Kier alpha value is -2.14. The van der Waals surface area contributed by atoms with Gasteiger partial charge in [-0.1, -0.05) is 42.0 Å². The summed E-state index contributed by atoms with van der Waals surface area (Å²) in [6, 6.07) is 9.90. The largest absolute Gasteiger partial charge is 0.324 e. The lowest BCUT2D eigenvalue weighted by atomic mass is 9.99. The first-order valence-electron chi connectivity index (χ1n) is 7.55. The maximum Gasteiger partial charge on any atom is 0.324 e. The Morgan fingerprint density at radius 3 is 2.68 bits per heavy atom. The number of urea groups is 1. The molecule has 1 N–H and O–H groups in total. The van der Waals surface area contributed by atoms with Crippen LogP contribution in [0.25, 0.3) is 6.08 Å². The SMILES string of the molecule is C/C(=C\c1ccccc1)CN1CCC2(C1)NC(=O)N(C)C2=O. The molecular weight excluding hydrogens is 278 g/mol. The van der Waals surface area contributed by atoms with Crippen molar-refractivity contribution in [1.29, 1.82) is 0 Å². The number of nitrogens with zero attached hydrogens (tertiary/aromatic N) is 2. The summed E-state index contributed by atoms with van der Waals surface area (Å²) in [5.41, 5.74) is 1.71. The second-order valence-electron chi connectivity index (χ2n) is 6.24. The quantitative estimate of drug-likeness (QED) is 0.865. The zero-order chi connectivity index (χ0) is 15.7. The molecule has 3 amide bonds. The van der Waals surface area contributed by atoms with Gasteiger partial charge >= 0.3 is 6.03 Å². The molecule has 2 heterocycles. The van der Waals surface area contributed by atoms with Crippen molar-refractivity contribution in [3.63, 3.8) is 0 Å². The second-order valence-corrected chi connectivity index (χ2v) is 6.24.